The van der Waals surface area contributed by atoms with E-state index in [1.54, 1.807) is 20.4 Å². The second kappa shape index (κ2) is 10.7. The van der Waals surface area contributed by atoms with Crippen LogP contribution >= 0.6 is 0 Å². The van der Waals surface area contributed by atoms with E-state index in [1.807, 2.05) is 24.3 Å². The Kier molecular flexibility index (Phi) is 8.06. The van der Waals surface area contributed by atoms with Gasteiger partial charge >= 0.3 is 0 Å². The van der Waals surface area contributed by atoms with E-state index in [0.717, 1.165) is 22.8 Å². The standard InChI is InChI=1S/C23H34N4O4/c1-14(2)22-26-13-19(27-22)20-18(25-12-15-6-5-7-16(10-15)31-4)11-17(21(20)28)23(29)24-8-9-30-3/h5-7,10,13-14,17-18,20-21,25,28H,8-9,11-12H2,1-4H3,(H,24,29)(H,26,27)/t17-,18+,20+,21+/m0/s1. The molecule has 4 N–H and O–H groups in total. The van der Waals surface area contributed by atoms with Crippen molar-refractivity contribution in [2.45, 2.75) is 50.8 Å². The molecule has 1 amide bonds. The molecule has 1 aromatic carbocycles. The Morgan fingerprint density at radius 1 is 1.35 bits per heavy atom. The summed E-state index contributed by atoms with van der Waals surface area (Å²) in [5.41, 5.74) is 1.93. The minimum Gasteiger partial charge on any atom is -0.497 e. The number of hydrogen-bond donors (Lipinski definition) is 4. The third kappa shape index (κ3) is 5.64. The molecular weight excluding hydrogens is 396 g/mol. The number of aromatic nitrogens is 2. The topological polar surface area (TPSA) is 109 Å². The van der Waals surface area contributed by atoms with Crippen LogP contribution in [0, 0.1) is 5.92 Å². The number of aromatic amines is 1. The zero-order valence-electron chi connectivity index (χ0n) is 18.7. The summed E-state index contributed by atoms with van der Waals surface area (Å²) in [6.07, 6.45) is 1.50. The smallest absolute Gasteiger partial charge is 0.225 e. The molecule has 3 rings (SSSR count). The lowest BCUT2D eigenvalue weighted by Crippen LogP contribution is -2.37. The second-order valence-corrected chi connectivity index (χ2v) is 8.36. The molecule has 4 atom stereocenters. The lowest BCUT2D eigenvalue weighted by Gasteiger charge is -2.22. The molecule has 1 aliphatic rings. The Morgan fingerprint density at radius 3 is 2.84 bits per heavy atom. The zero-order valence-corrected chi connectivity index (χ0v) is 18.7. The summed E-state index contributed by atoms with van der Waals surface area (Å²) in [6.45, 7) is 5.60. The number of nitrogens with one attached hydrogen (secondary N) is 3. The number of carbonyl (C=O) groups excluding carboxylic acids is 1. The molecular formula is C23H34N4O4. The van der Waals surface area contributed by atoms with Crippen LogP contribution in [0.1, 0.15) is 49.2 Å². The van der Waals surface area contributed by atoms with Crippen LogP contribution in [0.15, 0.2) is 30.5 Å². The quantitative estimate of drug-likeness (QED) is 0.429. The molecule has 1 saturated carbocycles. The maximum atomic E-state index is 12.7. The first kappa shape index (κ1) is 23.2. The second-order valence-electron chi connectivity index (χ2n) is 8.36. The van der Waals surface area contributed by atoms with Crippen molar-refractivity contribution in [3.8, 4) is 5.75 Å². The number of ether oxygens (including phenoxy) is 2. The van der Waals surface area contributed by atoms with E-state index in [9.17, 15) is 9.90 Å². The van der Waals surface area contributed by atoms with Gasteiger partial charge in [0.05, 0.1) is 25.7 Å². The number of aliphatic hydroxyl groups excluding tert-OH is 1. The van der Waals surface area contributed by atoms with Crippen molar-refractivity contribution in [2.75, 3.05) is 27.4 Å². The van der Waals surface area contributed by atoms with E-state index < -0.39 is 12.0 Å². The van der Waals surface area contributed by atoms with Gasteiger partial charge in [0.25, 0.3) is 0 Å². The highest BCUT2D eigenvalue weighted by Crippen LogP contribution is 2.39. The molecule has 8 heteroatoms. The molecule has 170 valence electrons. The van der Waals surface area contributed by atoms with Crippen molar-refractivity contribution in [2.24, 2.45) is 5.92 Å². The first-order valence-corrected chi connectivity index (χ1v) is 10.8. The molecule has 0 saturated heterocycles. The third-order valence-corrected chi connectivity index (χ3v) is 5.89. The normalized spacial score (nSPS) is 23.3. The summed E-state index contributed by atoms with van der Waals surface area (Å²) in [6, 6.07) is 7.78. The predicted octanol–water partition coefficient (Wildman–Crippen LogP) is 1.93. The van der Waals surface area contributed by atoms with E-state index in [2.05, 4.69) is 34.4 Å². The summed E-state index contributed by atoms with van der Waals surface area (Å²) in [5, 5.41) is 17.5. The Morgan fingerprint density at radius 2 is 2.16 bits per heavy atom. The van der Waals surface area contributed by atoms with Crippen molar-refractivity contribution in [1.82, 2.24) is 20.6 Å². The summed E-state index contributed by atoms with van der Waals surface area (Å²) >= 11 is 0. The first-order valence-electron chi connectivity index (χ1n) is 10.8. The van der Waals surface area contributed by atoms with E-state index in [4.69, 9.17) is 9.47 Å². The fourth-order valence-corrected chi connectivity index (χ4v) is 4.17. The van der Waals surface area contributed by atoms with Crippen LogP contribution in [-0.4, -0.2) is 60.5 Å². The summed E-state index contributed by atoms with van der Waals surface area (Å²) in [4.78, 5) is 20.6. The van der Waals surface area contributed by atoms with Crippen LogP contribution < -0.4 is 15.4 Å². The lowest BCUT2D eigenvalue weighted by molar-refractivity contribution is -0.127. The average Bonchev–Trinajstić information content (AvgIpc) is 3.37. The summed E-state index contributed by atoms with van der Waals surface area (Å²) in [5.74, 6) is 1.02. The molecule has 1 aliphatic carbocycles. The van der Waals surface area contributed by atoms with Gasteiger partial charge in [0.2, 0.25) is 5.91 Å². The third-order valence-electron chi connectivity index (χ3n) is 5.89. The van der Waals surface area contributed by atoms with Gasteiger partial charge in [-0.2, -0.15) is 0 Å². The Labute approximate surface area is 183 Å². The van der Waals surface area contributed by atoms with Crippen LogP contribution in [0.4, 0.5) is 0 Å². The monoisotopic (exact) mass is 430 g/mol. The average molecular weight is 431 g/mol. The SMILES string of the molecule is COCCNC(=O)[C@H]1C[C@@H](NCc2cccc(OC)c2)[C@H](c2cnc(C(C)C)[nH]2)[C@@H]1O. The molecule has 2 aromatic rings. The minimum absolute atomic E-state index is 0.0835. The lowest BCUT2D eigenvalue weighted by atomic mass is 9.96. The van der Waals surface area contributed by atoms with Crippen molar-refractivity contribution in [3.05, 3.63) is 47.5 Å². The summed E-state index contributed by atoms with van der Waals surface area (Å²) in [7, 11) is 3.24. The predicted molar refractivity (Wildman–Crippen MR) is 118 cm³/mol. The number of nitrogens with zero attached hydrogens (tertiary/aromatic N) is 1. The van der Waals surface area contributed by atoms with Crippen LogP contribution in [0.5, 0.6) is 5.75 Å². The van der Waals surface area contributed by atoms with Gasteiger partial charge < -0.3 is 30.2 Å². The Hall–Kier alpha value is -2.42. The molecule has 1 aromatic heterocycles. The zero-order chi connectivity index (χ0) is 22.4. The van der Waals surface area contributed by atoms with Gasteiger partial charge in [-0.25, -0.2) is 4.98 Å². The van der Waals surface area contributed by atoms with Crippen LogP contribution in [0.2, 0.25) is 0 Å². The van der Waals surface area contributed by atoms with Gasteiger partial charge in [-0.15, -0.1) is 0 Å². The van der Waals surface area contributed by atoms with Gasteiger partial charge in [-0.05, 0) is 24.1 Å². The molecule has 1 heterocycles. The molecule has 0 bridgehead atoms. The first-order chi connectivity index (χ1) is 14.9. The van der Waals surface area contributed by atoms with Crippen molar-refractivity contribution in [3.63, 3.8) is 0 Å². The van der Waals surface area contributed by atoms with Crippen LogP contribution in [0.3, 0.4) is 0 Å². The van der Waals surface area contributed by atoms with Gasteiger partial charge in [-0.3, -0.25) is 4.79 Å². The minimum atomic E-state index is -0.814. The maximum absolute atomic E-state index is 12.7. The van der Waals surface area contributed by atoms with E-state index in [0.29, 0.717) is 26.1 Å². The highest BCUT2D eigenvalue weighted by atomic mass is 16.5. The fourth-order valence-electron chi connectivity index (χ4n) is 4.17. The number of carbonyl (C=O) groups is 1. The summed E-state index contributed by atoms with van der Waals surface area (Å²) < 4.78 is 10.3. The largest absolute Gasteiger partial charge is 0.497 e. The molecule has 0 unspecified atom stereocenters. The number of aliphatic hydroxyl groups is 1. The van der Waals surface area contributed by atoms with Gasteiger partial charge in [0, 0.05) is 50.0 Å². The van der Waals surface area contributed by atoms with Crippen molar-refractivity contribution < 1.29 is 19.4 Å². The highest BCUT2D eigenvalue weighted by Gasteiger charge is 2.47. The number of amides is 1. The molecule has 31 heavy (non-hydrogen) atoms. The van der Waals surface area contributed by atoms with Gasteiger partial charge in [0.15, 0.2) is 0 Å². The number of methoxy groups -OCH3 is 2. The Balaban J connectivity index is 1.77. The molecule has 0 radical (unpaired) electrons. The maximum Gasteiger partial charge on any atom is 0.225 e. The molecule has 8 nitrogen and oxygen atoms in total. The number of hydrogen-bond acceptors (Lipinski definition) is 6. The highest BCUT2D eigenvalue weighted by molar-refractivity contribution is 5.80. The van der Waals surface area contributed by atoms with Crippen LogP contribution in [0.25, 0.3) is 0 Å². The number of rotatable bonds is 10. The number of benzene rings is 1. The van der Waals surface area contributed by atoms with E-state index in [-0.39, 0.29) is 23.8 Å². The fraction of sp³-hybridized carbons (Fsp3) is 0.565. The number of H-pyrrole nitrogens is 1. The van der Waals surface area contributed by atoms with Crippen molar-refractivity contribution in [1.29, 1.82) is 0 Å². The van der Waals surface area contributed by atoms with Crippen molar-refractivity contribution >= 4 is 5.91 Å². The van der Waals surface area contributed by atoms with E-state index in [1.165, 1.54) is 0 Å². The number of imidazole rings is 1. The van der Waals surface area contributed by atoms with Gasteiger partial charge in [-0.1, -0.05) is 26.0 Å². The Bertz CT molecular complexity index is 854. The molecule has 0 aliphatic heterocycles. The van der Waals surface area contributed by atoms with Gasteiger partial charge in [0.1, 0.15) is 11.6 Å². The molecule has 1 fully saturated rings. The molecule has 0 spiro atoms. The van der Waals surface area contributed by atoms with E-state index >= 15 is 0 Å². The van der Waals surface area contributed by atoms with Crippen LogP contribution in [-0.2, 0) is 16.1 Å².